The van der Waals surface area contributed by atoms with E-state index >= 15 is 0 Å². The zero-order valence-electron chi connectivity index (χ0n) is 13.4. The third kappa shape index (κ3) is 3.46. The largest absolute Gasteiger partial charge is 0.395 e. The molecule has 5 nitrogen and oxygen atoms in total. The monoisotopic (exact) mass is 316 g/mol. The van der Waals surface area contributed by atoms with Gasteiger partial charge < -0.3 is 10.4 Å². The number of piperidine rings is 1. The number of hydrogen-bond donors (Lipinski definition) is 2. The molecule has 5 heteroatoms. The summed E-state index contributed by atoms with van der Waals surface area (Å²) in [7, 11) is 0. The molecule has 0 saturated carbocycles. The van der Waals surface area contributed by atoms with Gasteiger partial charge in [-0.3, -0.25) is 14.5 Å². The van der Waals surface area contributed by atoms with Crippen molar-refractivity contribution in [3.63, 3.8) is 0 Å². The van der Waals surface area contributed by atoms with Crippen LogP contribution < -0.4 is 5.32 Å². The van der Waals surface area contributed by atoms with Crippen LogP contribution in [0.3, 0.4) is 0 Å². The quantitative estimate of drug-likeness (QED) is 0.861. The molecule has 23 heavy (non-hydrogen) atoms. The highest BCUT2D eigenvalue weighted by Gasteiger charge is 2.25. The standard InChI is InChI=1S/C18H24N2O3/c21-12-13-4-1-2-10-20(13)11-9-19-18(23)16-6-3-5-15-14(16)7-8-17(15)22/h3,5-6,13,21H,1-2,4,7-12H2,(H,19,23). The minimum Gasteiger partial charge on any atom is -0.395 e. The molecule has 1 fully saturated rings. The molecule has 1 saturated heterocycles. The number of fused-ring (bicyclic) bond motifs is 1. The number of benzene rings is 1. The normalized spacial score (nSPS) is 21.3. The lowest BCUT2D eigenvalue weighted by atomic mass is 10.0. The summed E-state index contributed by atoms with van der Waals surface area (Å²) in [4.78, 5) is 26.4. The van der Waals surface area contributed by atoms with Crippen molar-refractivity contribution < 1.29 is 14.7 Å². The van der Waals surface area contributed by atoms with E-state index in [1.54, 1.807) is 18.2 Å². The fourth-order valence-electron chi connectivity index (χ4n) is 3.67. The van der Waals surface area contributed by atoms with Crippen molar-refractivity contribution in [1.29, 1.82) is 0 Å². The molecule has 1 unspecified atom stereocenters. The summed E-state index contributed by atoms with van der Waals surface area (Å²) >= 11 is 0. The maximum atomic E-state index is 12.4. The summed E-state index contributed by atoms with van der Waals surface area (Å²) in [5.41, 5.74) is 2.22. The number of likely N-dealkylation sites (tertiary alicyclic amines) is 1. The van der Waals surface area contributed by atoms with Crippen LogP contribution in [0.2, 0.25) is 0 Å². The highest BCUT2D eigenvalue weighted by Crippen LogP contribution is 2.25. The minimum atomic E-state index is -0.103. The molecule has 0 aromatic heterocycles. The fourth-order valence-corrected chi connectivity index (χ4v) is 3.67. The summed E-state index contributed by atoms with van der Waals surface area (Å²) in [6.07, 6.45) is 4.51. The van der Waals surface area contributed by atoms with Crippen LogP contribution in [0.4, 0.5) is 0 Å². The summed E-state index contributed by atoms with van der Waals surface area (Å²) in [6, 6.07) is 5.61. The van der Waals surface area contributed by atoms with Crippen molar-refractivity contribution in [1.82, 2.24) is 10.2 Å². The number of amides is 1. The minimum absolute atomic E-state index is 0.103. The Morgan fingerprint density at radius 3 is 3.00 bits per heavy atom. The Balaban J connectivity index is 1.57. The Kier molecular flexibility index (Phi) is 5.08. The number of ketones is 1. The molecule has 2 N–H and O–H groups in total. The molecule has 1 aromatic rings. The molecule has 0 radical (unpaired) electrons. The lowest BCUT2D eigenvalue weighted by molar-refractivity contribution is 0.0848. The van der Waals surface area contributed by atoms with Crippen molar-refractivity contribution in [2.45, 2.75) is 38.1 Å². The number of carbonyl (C=O) groups is 2. The maximum Gasteiger partial charge on any atom is 0.251 e. The SMILES string of the molecule is O=C1CCc2c1cccc2C(=O)NCCN1CCCCC1CO. The van der Waals surface area contributed by atoms with Crippen LogP contribution in [-0.4, -0.2) is 54.0 Å². The van der Waals surface area contributed by atoms with Gasteiger partial charge in [0, 0.05) is 36.7 Å². The number of Topliss-reactive ketones (excluding diaryl/α,β-unsaturated/α-hetero) is 1. The average molecular weight is 316 g/mol. The van der Waals surface area contributed by atoms with Gasteiger partial charge in [-0.05, 0) is 37.4 Å². The fraction of sp³-hybridized carbons (Fsp3) is 0.556. The molecule has 1 aromatic carbocycles. The van der Waals surface area contributed by atoms with Crippen LogP contribution in [0.5, 0.6) is 0 Å². The van der Waals surface area contributed by atoms with Gasteiger partial charge in [0.1, 0.15) is 0 Å². The maximum absolute atomic E-state index is 12.4. The second-order valence-electron chi connectivity index (χ2n) is 6.38. The predicted molar refractivity (Wildman–Crippen MR) is 87.7 cm³/mol. The molecule has 1 amide bonds. The van der Waals surface area contributed by atoms with Gasteiger partial charge in [0.25, 0.3) is 5.91 Å². The van der Waals surface area contributed by atoms with Gasteiger partial charge in [-0.15, -0.1) is 0 Å². The van der Waals surface area contributed by atoms with Crippen LogP contribution in [0, 0.1) is 0 Å². The average Bonchev–Trinajstić information content (AvgIpc) is 2.96. The number of rotatable bonds is 5. The number of nitrogens with one attached hydrogen (secondary N) is 1. The summed E-state index contributed by atoms with van der Waals surface area (Å²) in [6.45, 7) is 2.48. The van der Waals surface area contributed by atoms with E-state index in [0.29, 0.717) is 30.5 Å². The van der Waals surface area contributed by atoms with E-state index < -0.39 is 0 Å². The van der Waals surface area contributed by atoms with Crippen molar-refractivity contribution >= 4 is 11.7 Å². The molecule has 0 spiro atoms. The first-order chi connectivity index (χ1) is 11.2. The third-order valence-electron chi connectivity index (χ3n) is 4.97. The number of nitrogens with zero attached hydrogens (tertiary/aromatic N) is 1. The smallest absolute Gasteiger partial charge is 0.251 e. The van der Waals surface area contributed by atoms with Crippen molar-refractivity contribution in [3.8, 4) is 0 Å². The summed E-state index contributed by atoms with van der Waals surface area (Å²) in [5, 5.41) is 12.4. The molecule has 1 heterocycles. The number of aliphatic hydroxyl groups excluding tert-OH is 1. The second kappa shape index (κ2) is 7.23. The first-order valence-electron chi connectivity index (χ1n) is 8.49. The van der Waals surface area contributed by atoms with Gasteiger partial charge in [0.15, 0.2) is 5.78 Å². The molecule has 1 aliphatic heterocycles. The zero-order valence-corrected chi connectivity index (χ0v) is 13.4. The molecular formula is C18H24N2O3. The Hall–Kier alpha value is -1.72. The van der Waals surface area contributed by atoms with Crippen molar-refractivity contribution in [2.24, 2.45) is 0 Å². The summed E-state index contributed by atoms with van der Waals surface area (Å²) < 4.78 is 0. The molecule has 1 atom stereocenters. The molecular weight excluding hydrogens is 292 g/mol. The van der Waals surface area contributed by atoms with Gasteiger partial charge in [-0.2, -0.15) is 0 Å². The van der Waals surface area contributed by atoms with E-state index in [1.807, 2.05) is 0 Å². The Labute approximate surface area is 136 Å². The lowest BCUT2D eigenvalue weighted by Gasteiger charge is -2.34. The second-order valence-corrected chi connectivity index (χ2v) is 6.38. The van der Waals surface area contributed by atoms with Gasteiger partial charge in [0.05, 0.1) is 6.61 Å². The number of aliphatic hydroxyl groups is 1. The van der Waals surface area contributed by atoms with Crippen LogP contribution >= 0.6 is 0 Å². The van der Waals surface area contributed by atoms with Gasteiger partial charge in [-0.25, -0.2) is 0 Å². The predicted octanol–water partition coefficient (Wildman–Crippen LogP) is 1.39. The van der Waals surface area contributed by atoms with Crippen LogP contribution in [0.1, 0.15) is 52.0 Å². The number of hydrogen-bond acceptors (Lipinski definition) is 4. The van der Waals surface area contributed by atoms with E-state index in [-0.39, 0.29) is 24.3 Å². The number of carbonyl (C=O) groups excluding carboxylic acids is 2. The van der Waals surface area contributed by atoms with E-state index in [2.05, 4.69) is 10.2 Å². The Morgan fingerprint density at radius 1 is 1.30 bits per heavy atom. The van der Waals surface area contributed by atoms with Gasteiger partial charge in [0.2, 0.25) is 0 Å². The Morgan fingerprint density at radius 2 is 2.17 bits per heavy atom. The van der Waals surface area contributed by atoms with Gasteiger partial charge in [-0.1, -0.05) is 18.6 Å². The van der Waals surface area contributed by atoms with Crippen molar-refractivity contribution in [2.75, 3.05) is 26.2 Å². The van der Waals surface area contributed by atoms with Gasteiger partial charge >= 0.3 is 0 Å². The van der Waals surface area contributed by atoms with E-state index in [1.165, 1.54) is 0 Å². The molecule has 2 aliphatic rings. The van der Waals surface area contributed by atoms with E-state index in [9.17, 15) is 14.7 Å². The molecule has 124 valence electrons. The zero-order chi connectivity index (χ0) is 16.2. The van der Waals surface area contributed by atoms with E-state index in [0.717, 1.165) is 37.9 Å². The Bertz CT molecular complexity index is 600. The van der Waals surface area contributed by atoms with Crippen molar-refractivity contribution in [3.05, 3.63) is 34.9 Å². The molecule has 3 rings (SSSR count). The van der Waals surface area contributed by atoms with Crippen LogP contribution in [0.15, 0.2) is 18.2 Å². The first-order valence-corrected chi connectivity index (χ1v) is 8.49. The molecule has 1 aliphatic carbocycles. The highest BCUT2D eigenvalue weighted by molar-refractivity contribution is 6.05. The van der Waals surface area contributed by atoms with E-state index in [4.69, 9.17) is 0 Å². The summed E-state index contributed by atoms with van der Waals surface area (Å²) in [5.74, 6) is 0.0304. The molecule has 0 bridgehead atoms. The first kappa shape index (κ1) is 16.1. The topological polar surface area (TPSA) is 69.6 Å². The lowest BCUT2D eigenvalue weighted by Crippen LogP contribution is -2.45. The van der Waals surface area contributed by atoms with Crippen LogP contribution in [0.25, 0.3) is 0 Å². The van der Waals surface area contributed by atoms with Crippen LogP contribution in [-0.2, 0) is 6.42 Å². The highest BCUT2D eigenvalue weighted by atomic mass is 16.3. The third-order valence-corrected chi connectivity index (χ3v) is 4.97.